The Balaban J connectivity index is 0.000000162. The molecule has 0 radical (unpaired) electrons. The van der Waals surface area contributed by atoms with E-state index >= 15 is 0 Å². The number of aryl methyl sites for hydroxylation is 3. The molecule has 0 aliphatic heterocycles. The summed E-state index contributed by atoms with van der Waals surface area (Å²) < 4.78 is 6.24. The third-order valence-electron chi connectivity index (χ3n) is 16.9. The van der Waals surface area contributed by atoms with Gasteiger partial charge in [0, 0.05) is 57.8 Å². The molecule has 0 aliphatic carbocycles. The van der Waals surface area contributed by atoms with Crippen LogP contribution in [-0.4, -0.2) is 102 Å². The topological polar surface area (TPSA) is 264 Å². The third-order valence-corrected chi connectivity index (χ3v) is 19.5. The normalized spacial score (nSPS) is 11.0. The van der Waals surface area contributed by atoms with E-state index in [1.165, 1.54) is 5.56 Å². The lowest BCUT2D eigenvalue weighted by Gasteiger charge is -2.34. The molecule has 26 heteroatoms. The summed E-state index contributed by atoms with van der Waals surface area (Å²) in [5.74, 6) is 3.61. The molecule has 0 spiro atoms. The summed E-state index contributed by atoms with van der Waals surface area (Å²) in [7, 11) is -1.64. The van der Waals surface area contributed by atoms with Crippen LogP contribution in [0.5, 0.6) is 0 Å². The molecule has 104 heavy (non-hydrogen) atoms. The second-order valence-corrected chi connectivity index (χ2v) is 27.4. The van der Waals surface area contributed by atoms with Gasteiger partial charge in [-0.3, -0.25) is 0 Å². The number of nitrogens with zero attached hydrogens (tertiary/aromatic N) is 12. The van der Waals surface area contributed by atoms with Gasteiger partial charge in [0.25, 0.3) is 0 Å². The Bertz CT molecular complexity index is 4590. The van der Waals surface area contributed by atoms with Crippen LogP contribution in [0, 0.1) is 0 Å². The molecule has 0 atom stereocenters. The minimum Gasteiger partial charge on any atom is -0.423 e. The lowest BCUT2D eigenvalue weighted by atomic mass is 9.77. The molecule has 8 aromatic carbocycles. The summed E-state index contributed by atoms with van der Waals surface area (Å²) in [6, 6.07) is 69.8. The summed E-state index contributed by atoms with van der Waals surface area (Å²) >= 11 is 28.3. The molecular formula is C78H81BBr3Cl3N14O5. The molecule has 0 saturated heterocycles. The van der Waals surface area contributed by atoms with Crippen LogP contribution >= 0.6 is 82.6 Å². The number of alkyl halides is 1. The standard InChI is InChI=1S/C26H21BN4O2.C22H23ClN6O.C15H18BrClN2O.C8H13ClN2O.C7H6Br2/c32-27(33)24-19-11-10-18-23(24)25-28-30-31(29-25)26(20-12-4-1-5-13-20,21-14-6-2-7-15-21)22-16-8-3-9-17-22;1-2-3-8-20-24-21(23)19(14-30)29(20)13-15-9-11-16(12-10-15)17-6-4-5-7-18(17)22-25-27-28-26-22;1-2-3-4-14-18-15(17)13(10-20)19(14)9-11-5-7-12(16)8-6-11;1-2-3-4-7-10-6(5-12)8(9)11-7;8-5-6-1-3-7(9)4-2-6/h1-19,32-33H;4-7,9-12,30H,2-3,8,13-14H2,1H3,(H,25,26,27,28);5-8,20H,2-4,9-10H2,1H3;12H,2-5H2,1H3,(H,10,11);1-4H,5H2. The number of aromatic nitrogens is 14. The van der Waals surface area contributed by atoms with Gasteiger partial charge in [-0.05, 0) is 104 Å². The Labute approximate surface area is 646 Å². The van der Waals surface area contributed by atoms with E-state index in [9.17, 15) is 20.3 Å². The number of aliphatic hydroxyl groups excluding tert-OH is 3. The highest BCUT2D eigenvalue weighted by Gasteiger charge is 2.41. The zero-order chi connectivity index (χ0) is 73.8. The number of hydrogen-bond acceptors (Lipinski definition) is 14. The molecule has 0 saturated carbocycles. The first-order chi connectivity index (χ1) is 50.7. The van der Waals surface area contributed by atoms with Crippen LogP contribution in [0.25, 0.3) is 33.9 Å². The predicted molar refractivity (Wildman–Crippen MR) is 424 cm³/mol. The number of unbranched alkanes of at least 4 members (excludes halogenated alkanes) is 3. The molecule has 0 aliphatic rings. The van der Waals surface area contributed by atoms with Crippen molar-refractivity contribution in [3.05, 3.63) is 305 Å². The van der Waals surface area contributed by atoms with Crippen molar-refractivity contribution < 1.29 is 25.4 Å². The molecule has 19 nitrogen and oxygen atoms in total. The Morgan fingerprint density at radius 2 is 0.933 bits per heavy atom. The number of benzene rings is 8. The highest BCUT2D eigenvalue weighted by Crippen LogP contribution is 2.40. The molecule has 7 N–H and O–H groups in total. The van der Waals surface area contributed by atoms with Crippen molar-refractivity contribution in [3.63, 3.8) is 0 Å². The summed E-state index contributed by atoms with van der Waals surface area (Å²) in [6.07, 6.45) is 9.13. The number of H-pyrrole nitrogens is 2. The summed E-state index contributed by atoms with van der Waals surface area (Å²) in [6.45, 7) is 7.42. The first kappa shape index (κ1) is 79.8. The zero-order valence-electron chi connectivity index (χ0n) is 57.8. The van der Waals surface area contributed by atoms with Gasteiger partial charge in [-0.1, -0.05) is 311 Å². The molecule has 0 amide bonds. The maximum Gasteiger partial charge on any atom is 0.489 e. The Kier molecular flexibility index (Phi) is 31.3. The van der Waals surface area contributed by atoms with Crippen LogP contribution < -0.4 is 5.46 Å². The van der Waals surface area contributed by atoms with Gasteiger partial charge in [0.1, 0.15) is 17.5 Å². The van der Waals surface area contributed by atoms with E-state index in [4.69, 9.17) is 45.0 Å². The second kappa shape index (κ2) is 40.8. The minimum atomic E-state index is -1.64. The first-order valence-electron chi connectivity index (χ1n) is 34.1. The van der Waals surface area contributed by atoms with E-state index in [0.717, 1.165) is 134 Å². The monoisotopic (exact) mass is 1650 g/mol. The van der Waals surface area contributed by atoms with Crippen molar-refractivity contribution >= 4 is 95.2 Å². The van der Waals surface area contributed by atoms with Gasteiger partial charge >= 0.3 is 7.12 Å². The fraction of sp³-hybridized carbons (Fsp3) is 0.244. The van der Waals surface area contributed by atoms with E-state index in [2.05, 4.69) is 204 Å². The van der Waals surface area contributed by atoms with Crippen molar-refractivity contribution in [2.45, 2.75) is 122 Å². The van der Waals surface area contributed by atoms with Gasteiger partial charge in [0.2, 0.25) is 11.6 Å². The van der Waals surface area contributed by atoms with Crippen LogP contribution in [-0.2, 0) is 63.0 Å². The number of imidazole rings is 3. The van der Waals surface area contributed by atoms with Gasteiger partial charge in [0.05, 0.1) is 36.9 Å². The van der Waals surface area contributed by atoms with Gasteiger partial charge in [-0.25, -0.2) is 15.0 Å². The van der Waals surface area contributed by atoms with Crippen LogP contribution in [0.15, 0.2) is 221 Å². The largest absolute Gasteiger partial charge is 0.489 e. The predicted octanol–water partition coefficient (Wildman–Crippen LogP) is 16.6. The van der Waals surface area contributed by atoms with E-state index < -0.39 is 12.7 Å². The first-order valence-corrected chi connectivity index (χ1v) is 37.9. The molecule has 0 unspecified atom stereocenters. The Hall–Kier alpha value is -8.30. The molecule has 538 valence electrons. The fourth-order valence-electron chi connectivity index (χ4n) is 11.5. The molecule has 13 rings (SSSR count). The van der Waals surface area contributed by atoms with E-state index in [-0.39, 0.29) is 19.8 Å². The smallest absolute Gasteiger partial charge is 0.423 e. The maximum absolute atomic E-state index is 9.84. The SMILES string of the molecule is BrCc1ccc(Br)cc1.CCCCc1nc(Cl)c(CO)[nH]1.CCCCc1nc(Cl)c(CO)n1Cc1ccc(-c2ccccc2-c2nn[nH]n2)cc1.CCCCc1nc(Cl)c(CO)n1Cc1ccc(Br)cc1.OB(O)c1ccccc1-c1nnn(C(c2ccccc2)(c2ccccc2)c2ccccc2)n1. The molecule has 0 fully saturated rings. The number of aliphatic hydroxyl groups is 3. The van der Waals surface area contributed by atoms with E-state index in [1.54, 1.807) is 29.1 Å². The Morgan fingerprint density at radius 3 is 1.38 bits per heavy atom. The number of rotatable bonds is 25. The number of nitrogens with one attached hydrogen (secondary N) is 2. The fourth-order valence-corrected chi connectivity index (χ4v) is 13.2. The van der Waals surface area contributed by atoms with Crippen molar-refractivity contribution in [2.24, 2.45) is 0 Å². The molecule has 0 bridgehead atoms. The highest BCUT2D eigenvalue weighted by atomic mass is 79.9. The number of tetrazole rings is 2. The second-order valence-electron chi connectivity index (χ2n) is 24.0. The summed E-state index contributed by atoms with van der Waals surface area (Å²) in [5, 5.41) is 77.9. The average molecular weight is 1650 g/mol. The number of aromatic amines is 2. The van der Waals surface area contributed by atoms with Crippen LogP contribution in [0.4, 0.5) is 0 Å². The lowest BCUT2D eigenvalue weighted by molar-refractivity contribution is 0.271. The Morgan fingerprint density at radius 1 is 0.481 bits per heavy atom. The molecule has 13 aromatic rings. The van der Waals surface area contributed by atoms with Crippen molar-refractivity contribution in [1.29, 1.82) is 0 Å². The van der Waals surface area contributed by atoms with E-state index in [0.29, 0.717) is 68.3 Å². The quantitative estimate of drug-likeness (QED) is 0.0159. The lowest BCUT2D eigenvalue weighted by Crippen LogP contribution is -2.39. The van der Waals surface area contributed by atoms with Crippen LogP contribution in [0.2, 0.25) is 15.5 Å². The molecule has 5 aromatic heterocycles. The van der Waals surface area contributed by atoms with Gasteiger partial charge < -0.3 is 39.5 Å². The summed E-state index contributed by atoms with van der Waals surface area (Å²) in [5.41, 5.74) is 11.4. The van der Waals surface area contributed by atoms with Crippen molar-refractivity contribution in [2.75, 3.05) is 0 Å². The summed E-state index contributed by atoms with van der Waals surface area (Å²) in [4.78, 5) is 17.5. The minimum absolute atomic E-state index is 0.0715. The van der Waals surface area contributed by atoms with E-state index in [1.807, 2.05) is 112 Å². The zero-order valence-corrected chi connectivity index (χ0v) is 64.8. The van der Waals surface area contributed by atoms with Crippen molar-refractivity contribution in [3.8, 4) is 33.9 Å². The maximum atomic E-state index is 9.84. The number of hydrogen-bond donors (Lipinski definition) is 7. The van der Waals surface area contributed by atoms with Crippen LogP contribution in [0.1, 0.15) is 127 Å². The van der Waals surface area contributed by atoms with Crippen LogP contribution in [0.3, 0.4) is 0 Å². The third kappa shape index (κ3) is 21.0. The molecule has 5 heterocycles. The van der Waals surface area contributed by atoms with Gasteiger partial charge in [0.15, 0.2) is 21.0 Å². The average Bonchev–Trinajstić information content (AvgIpc) is 1.27. The van der Waals surface area contributed by atoms with Gasteiger partial charge in [-0.2, -0.15) is 5.21 Å². The molecular weight excluding hydrogens is 1570 g/mol. The highest BCUT2D eigenvalue weighted by molar-refractivity contribution is 9.10. The van der Waals surface area contributed by atoms with Gasteiger partial charge in [-0.15, -0.1) is 25.2 Å². The number of halogens is 6. The van der Waals surface area contributed by atoms with Crippen molar-refractivity contribution in [1.82, 2.24) is 69.9 Å².